The van der Waals surface area contributed by atoms with Crippen LogP contribution in [0.2, 0.25) is 0 Å². The minimum atomic E-state index is -0.324. The Hall–Kier alpha value is -0.610. The first-order chi connectivity index (χ1) is 8.08. The molecule has 1 aliphatic rings. The highest BCUT2D eigenvalue weighted by atomic mass is 79.9. The van der Waals surface area contributed by atoms with Crippen molar-refractivity contribution in [2.75, 3.05) is 5.32 Å². The third-order valence-corrected chi connectivity index (χ3v) is 3.95. The molecular formula is C13H17BrFNO. The number of aryl methyl sites for hydroxylation is 1. The fraction of sp³-hybridized carbons (Fsp3) is 0.538. The molecule has 1 aromatic rings. The van der Waals surface area contributed by atoms with Crippen molar-refractivity contribution in [3.05, 3.63) is 28.0 Å². The average Bonchev–Trinajstić information content (AvgIpc) is 2.29. The Balaban J connectivity index is 2.15. The standard InChI is InChI=1S/C13H17BrFNO/c1-8-6-9(14)10(15)7-12(8)16-11-4-2-3-5-13(11)17/h6-7,11,13,16-17H,2-5H2,1H3/t11-,13-/m1/s1. The summed E-state index contributed by atoms with van der Waals surface area (Å²) in [5.74, 6) is -0.275. The predicted molar refractivity (Wildman–Crippen MR) is 70.7 cm³/mol. The number of hydrogen-bond acceptors (Lipinski definition) is 2. The van der Waals surface area contributed by atoms with E-state index in [9.17, 15) is 9.50 Å². The highest BCUT2D eigenvalue weighted by molar-refractivity contribution is 9.10. The Kier molecular flexibility index (Phi) is 4.05. The zero-order chi connectivity index (χ0) is 12.4. The monoisotopic (exact) mass is 301 g/mol. The Morgan fingerprint density at radius 3 is 2.76 bits per heavy atom. The van der Waals surface area contributed by atoms with Gasteiger partial charge in [-0.15, -0.1) is 0 Å². The van der Waals surface area contributed by atoms with Gasteiger partial charge in [-0.3, -0.25) is 0 Å². The van der Waals surface area contributed by atoms with Gasteiger partial charge in [0.15, 0.2) is 0 Å². The summed E-state index contributed by atoms with van der Waals surface area (Å²) in [5, 5.41) is 13.1. The van der Waals surface area contributed by atoms with E-state index in [1.807, 2.05) is 6.92 Å². The minimum absolute atomic E-state index is 0.0445. The van der Waals surface area contributed by atoms with Crippen LogP contribution in [0.4, 0.5) is 10.1 Å². The number of hydrogen-bond donors (Lipinski definition) is 2. The summed E-state index contributed by atoms with van der Waals surface area (Å²) in [6.45, 7) is 1.93. The minimum Gasteiger partial charge on any atom is -0.391 e. The Labute approximate surface area is 109 Å². The van der Waals surface area contributed by atoms with Gasteiger partial charge in [0.1, 0.15) is 5.82 Å². The second-order valence-electron chi connectivity index (χ2n) is 4.68. The lowest BCUT2D eigenvalue weighted by molar-refractivity contribution is 0.116. The van der Waals surface area contributed by atoms with E-state index in [4.69, 9.17) is 0 Å². The average molecular weight is 302 g/mol. The predicted octanol–water partition coefficient (Wildman–Crippen LogP) is 3.61. The van der Waals surface area contributed by atoms with Crippen LogP contribution in [0.1, 0.15) is 31.2 Å². The van der Waals surface area contributed by atoms with Gasteiger partial charge in [-0.05, 0) is 53.4 Å². The second kappa shape index (κ2) is 5.36. The van der Waals surface area contributed by atoms with Crippen LogP contribution >= 0.6 is 15.9 Å². The first-order valence-corrected chi connectivity index (χ1v) is 6.77. The molecule has 1 aromatic carbocycles. The molecule has 0 amide bonds. The molecule has 0 radical (unpaired) electrons. The Morgan fingerprint density at radius 1 is 1.35 bits per heavy atom. The summed E-state index contributed by atoms with van der Waals surface area (Å²) >= 11 is 3.17. The molecule has 0 unspecified atom stereocenters. The molecule has 0 saturated heterocycles. The molecule has 0 aromatic heterocycles. The number of aliphatic hydroxyl groups is 1. The number of rotatable bonds is 2. The van der Waals surface area contributed by atoms with E-state index in [0.717, 1.165) is 36.9 Å². The largest absolute Gasteiger partial charge is 0.391 e. The van der Waals surface area contributed by atoms with Crippen LogP contribution in [0.25, 0.3) is 0 Å². The third kappa shape index (κ3) is 2.99. The number of aliphatic hydroxyl groups excluding tert-OH is 1. The molecule has 94 valence electrons. The first kappa shape index (κ1) is 12.8. The van der Waals surface area contributed by atoms with Gasteiger partial charge in [-0.2, -0.15) is 0 Å². The zero-order valence-corrected chi connectivity index (χ0v) is 11.4. The van der Waals surface area contributed by atoms with Crippen molar-refractivity contribution in [1.29, 1.82) is 0 Å². The molecule has 1 fully saturated rings. The summed E-state index contributed by atoms with van der Waals surface area (Å²) in [6.07, 6.45) is 3.64. The van der Waals surface area contributed by atoms with E-state index >= 15 is 0 Å². The molecule has 2 atom stereocenters. The van der Waals surface area contributed by atoms with E-state index in [-0.39, 0.29) is 18.0 Å². The fourth-order valence-electron chi connectivity index (χ4n) is 2.28. The SMILES string of the molecule is Cc1cc(Br)c(F)cc1N[C@@H]1CCCC[C@H]1O. The lowest BCUT2D eigenvalue weighted by atomic mass is 9.92. The van der Waals surface area contributed by atoms with E-state index in [2.05, 4.69) is 21.2 Å². The van der Waals surface area contributed by atoms with Gasteiger partial charge in [-0.1, -0.05) is 12.8 Å². The van der Waals surface area contributed by atoms with Crippen LogP contribution in [0.15, 0.2) is 16.6 Å². The molecule has 0 aliphatic heterocycles. The van der Waals surface area contributed by atoms with Gasteiger partial charge in [0, 0.05) is 5.69 Å². The number of benzene rings is 1. The molecule has 1 saturated carbocycles. The normalized spacial score (nSPS) is 24.7. The Bertz CT molecular complexity index is 411. The van der Waals surface area contributed by atoms with Crippen LogP contribution in [0, 0.1) is 12.7 Å². The first-order valence-electron chi connectivity index (χ1n) is 5.98. The maximum absolute atomic E-state index is 13.5. The lowest BCUT2D eigenvalue weighted by Crippen LogP contribution is -2.36. The van der Waals surface area contributed by atoms with Gasteiger partial charge in [0.25, 0.3) is 0 Å². The van der Waals surface area contributed by atoms with Crippen molar-refractivity contribution < 1.29 is 9.50 Å². The second-order valence-corrected chi connectivity index (χ2v) is 5.54. The smallest absolute Gasteiger partial charge is 0.139 e. The van der Waals surface area contributed by atoms with Gasteiger partial charge in [-0.25, -0.2) is 4.39 Å². The molecular weight excluding hydrogens is 285 g/mol. The molecule has 0 bridgehead atoms. The fourth-order valence-corrected chi connectivity index (χ4v) is 2.74. The summed E-state index contributed by atoms with van der Waals surface area (Å²) in [6, 6.07) is 3.29. The van der Waals surface area contributed by atoms with Crippen molar-refractivity contribution >= 4 is 21.6 Å². The van der Waals surface area contributed by atoms with Crippen LogP contribution in [-0.2, 0) is 0 Å². The van der Waals surface area contributed by atoms with E-state index in [0.29, 0.717) is 4.47 Å². The van der Waals surface area contributed by atoms with E-state index < -0.39 is 0 Å². The molecule has 2 N–H and O–H groups in total. The highest BCUT2D eigenvalue weighted by Gasteiger charge is 2.23. The summed E-state index contributed by atoms with van der Waals surface area (Å²) in [4.78, 5) is 0. The molecule has 1 aliphatic carbocycles. The summed E-state index contributed by atoms with van der Waals surface area (Å²) < 4.78 is 13.9. The van der Waals surface area contributed by atoms with Gasteiger partial charge in [0.2, 0.25) is 0 Å². The molecule has 2 rings (SSSR count). The molecule has 2 nitrogen and oxygen atoms in total. The van der Waals surface area contributed by atoms with Crippen molar-refractivity contribution in [3.63, 3.8) is 0 Å². The van der Waals surface area contributed by atoms with Crippen molar-refractivity contribution in [2.45, 2.75) is 44.8 Å². The van der Waals surface area contributed by atoms with Crippen LogP contribution < -0.4 is 5.32 Å². The van der Waals surface area contributed by atoms with Crippen molar-refractivity contribution in [2.24, 2.45) is 0 Å². The number of halogens is 2. The van der Waals surface area contributed by atoms with Crippen LogP contribution in [0.5, 0.6) is 0 Å². The number of anilines is 1. The number of nitrogens with one attached hydrogen (secondary N) is 1. The topological polar surface area (TPSA) is 32.3 Å². The van der Waals surface area contributed by atoms with Crippen LogP contribution in [-0.4, -0.2) is 17.3 Å². The van der Waals surface area contributed by atoms with Crippen LogP contribution in [0.3, 0.4) is 0 Å². The molecule has 17 heavy (non-hydrogen) atoms. The Morgan fingerprint density at radius 2 is 2.06 bits per heavy atom. The maximum Gasteiger partial charge on any atom is 0.139 e. The van der Waals surface area contributed by atoms with Gasteiger partial charge >= 0.3 is 0 Å². The van der Waals surface area contributed by atoms with Gasteiger partial charge in [0.05, 0.1) is 16.6 Å². The zero-order valence-electron chi connectivity index (χ0n) is 9.84. The van der Waals surface area contributed by atoms with Gasteiger partial charge < -0.3 is 10.4 Å². The summed E-state index contributed by atoms with van der Waals surface area (Å²) in [7, 11) is 0. The summed E-state index contributed by atoms with van der Waals surface area (Å²) in [5.41, 5.74) is 1.76. The van der Waals surface area contributed by atoms with E-state index in [1.165, 1.54) is 6.07 Å². The van der Waals surface area contributed by atoms with Crippen molar-refractivity contribution in [3.8, 4) is 0 Å². The third-order valence-electron chi connectivity index (χ3n) is 3.34. The van der Waals surface area contributed by atoms with E-state index in [1.54, 1.807) is 6.07 Å². The molecule has 4 heteroatoms. The van der Waals surface area contributed by atoms with Crippen molar-refractivity contribution in [1.82, 2.24) is 0 Å². The molecule has 0 heterocycles. The highest BCUT2D eigenvalue weighted by Crippen LogP contribution is 2.27. The maximum atomic E-state index is 13.5. The lowest BCUT2D eigenvalue weighted by Gasteiger charge is -2.29. The quantitative estimate of drug-likeness (QED) is 0.874. The molecule has 0 spiro atoms.